The van der Waals surface area contributed by atoms with E-state index in [1.165, 1.54) is 18.2 Å². The summed E-state index contributed by atoms with van der Waals surface area (Å²) in [7, 11) is 0. The molecular weight excluding hydrogens is 301 g/mol. The highest BCUT2D eigenvalue weighted by molar-refractivity contribution is 5.87. The van der Waals surface area contributed by atoms with Crippen molar-refractivity contribution in [2.24, 2.45) is 0 Å². The maximum atomic E-state index is 13.4. The molecule has 0 radical (unpaired) electrons. The van der Waals surface area contributed by atoms with Crippen molar-refractivity contribution in [1.82, 2.24) is 14.5 Å². The van der Waals surface area contributed by atoms with Crippen molar-refractivity contribution >= 4 is 16.8 Å². The van der Waals surface area contributed by atoms with Crippen molar-refractivity contribution in [2.75, 3.05) is 13.1 Å². The third-order valence-electron chi connectivity index (χ3n) is 4.21. The van der Waals surface area contributed by atoms with Gasteiger partial charge in [-0.1, -0.05) is 6.58 Å². The molecule has 0 bridgehead atoms. The van der Waals surface area contributed by atoms with Crippen LogP contribution in [0.15, 0.2) is 40.4 Å². The number of hydrogen-bond donors (Lipinski definition) is 1. The zero-order valence-corrected chi connectivity index (χ0v) is 12.4. The molecule has 7 heteroatoms. The van der Waals surface area contributed by atoms with E-state index in [1.54, 1.807) is 4.90 Å². The molecule has 1 N–H and O–H groups in total. The first kappa shape index (κ1) is 15.2. The number of halogens is 1. The first-order valence-corrected chi connectivity index (χ1v) is 7.36. The van der Waals surface area contributed by atoms with Gasteiger partial charge in [0.2, 0.25) is 5.91 Å². The number of amides is 1. The number of aromatic amines is 1. The van der Waals surface area contributed by atoms with Gasteiger partial charge in [-0.05, 0) is 37.1 Å². The van der Waals surface area contributed by atoms with Crippen molar-refractivity contribution < 1.29 is 9.18 Å². The second kappa shape index (κ2) is 5.83. The molecule has 1 aromatic heterocycles. The second-order valence-electron chi connectivity index (χ2n) is 5.56. The van der Waals surface area contributed by atoms with Gasteiger partial charge in [-0.3, -0.25) is 14.2 Å². The monoisotopic (exact) mass is 317 g/mol. The van der Waals surface area contributed by atoms with Gasteiger partial charge >= 0.3 is 5.69 Å². The highest BCUT2D eigenvalue weighted by Gasteiger charge is 2.25. The Bertz CT molecular complexity index is 892. The molecule has 1 amide bonds. The highest BCUT2D eigenvalue weighted by Crippen LogP contribution is 2.20. The van der Waals surface area contributed by atoms with E-state index in [2.05, 4.69) is 11.6 Å². The molecule has 6 nitrogen and oxygen atoms in total. The lowest BCUT2D eigenvalue weighted by Gasteiger charge is -2.31. The summed E-state index contributed by atoms with van der Waals surface area (Å²) in [5, 5.41) is 0.147. The van der Waals surface area contributed by atoms with Crippen molar-refractivity contribution in [3.05, 3.63) is 57.5 Å². The predicted molar refractivity (Wildman–Crippen MR) is 83.8 cm³/mol. The SMILES string of the molecule is C=CC(=O)N1CCC(n2c(=O)[nH]c3ccc(F)cc3c2=O)CC1. The number of H-pyrrole nitrogens is 1. The number of rotatable bonds is 2. The molecule has 1 aliphatic rings. The Morgan fingerprint density at radius 3 is 2.65 bits per heavy atom. The molecule has 1 saturated heterocycles. The van der Waals surface area contributed by atoms with Crippen molar-refractivity contribution in [1.29, 1.82) is 0 Å². The van der Waals surface area contributed by atoms with Crippen LogP contribution in [0.4, 0.5) is 4.39 Å². The number of likely N-dealkylation sites (tertiary alicyclic amines) is 1. The normalized spacial score (nSPS) is 15.8. The van der Waals surface area contributed by atoms with Crippen molar-refractivity contribution in [2.45, 2.75) is 18.9 Å². The lowest BCUT2D eigenvalue weighted by atomic mass is 10.0. The summed E-state index contributed by atoms with van der Waals surface area (Å²) in [5.41, 5.74) is -0.698. The van der Waals surface area contributed by atoms with Crippen LogP contribution in [-0.4, -0.2) is 33.4 Å². The summed E-state index contributed by atoms with van der Waals surface area (Å²) in [6.07, 6.45) is 2.23. The molecule has 23 heavy (non-hydrogen) atoms. The molecule has 0 unspecified atom stereocenters. The summed E-state index contributed by atoms with van der Waals surface area (Å²) in [4.78, 5) is 40.6. The first-order chi connectivity index (χ1) is 11.0. The Balaban J connectivity index is 1.98. The van der Waals surface area contributed by atoms with Crippen LogP contribution in [-0.2, 0) is 4.79 Å². The Labute approximate surface area is 130 Å². The quantitative estimate of drug-likeness (QED) is 0.845. The molecular formula is C16H16FN3O3. The van der Waals surface area contributed by atoms with E-state index in [9.17, 15) is 18.8 Å². The Kier molecular flexibility index (Phi) is 3.85. The van der Waals surface area contributed by atoms with Crippen LogP contribution < -0.4 is 11.2 Å². The molecule has 0 saturated carbocycles. The minimum absolute atomic E-state index is 0.147. The molecule has 2 aromatic rings. The van der Waals surface area contributed by atoms with E-state index in [4.69, 9.17) is 0 Å². The average molecular weight is 317 g/mol. The first-order valence-electron chi connectivity index (χ1n) is 7.36. The van der Waals surface area contributed by atoms with Crippen LogP contribution in [0.25, 0.3) is 10.9 Å². The maximum absolute atomic E-state index is 13.4. The molecule has 2 heterocycles. The summed E-state index contributed by atoms with van der Waals surface area (Å²) in [5.74, 6) is -0.690. The standard InChI is InChI=1S/C16H16FN3O3/c1-2-14(21)19-7-5-11(6-8-19)20-15(22)12-9-10(17)3-4-13(12)18-16(20)23/h2-4,9,11H,1,5-8H2,(H,18,23). The summed E-state index contributed by atoms with van der Waals surface area (Å²) in [6.45, 7) is 4.34. The van der Waals surface area contributed by atoms with E-state index in [1.807, 2.05) is 0 Å². The lowest BCUT2D eigenvalue weighted by molar-refractivity contribution is -0.127. The van der Waals surface area contributed by atoms with Crippen LogP contribution in [0.1, 0.15) is 18.9 Å². The number of nitrogens with zero attached hydrogens (tertiary/aromatic N) is 2. The molecule has 1 aromatic carbocycles. The fourth-order valence-electron chi connectivity index (χ4n) is 3.01. The number of carbonyl (C=O) groups is 1. The zero-order chi connectivity index (χ0) is 16.6. The minimum atomic E-state index is -0.528. The van der Waals surface area contributed by atoms with Gasteiger partial charge < -0.3 is 9.88 Å². The van der Waals surface area contributed by atoms with Gasteiger partial charge in [0.05, 0.1) is 10.9 Å². The summed E-state index contributed by atoms with van der Waals surface area (Å²) in [6, 6.07) is 3.39. The Morgan fingerprint density at radius 1 is 1.30 bits per heavy atom. The van der Waals surface area contributed by atoms with E-state index >= 15 is 0 Å². The fourth-order valence-corrected chi connectivity index (χ4v) is 3.01. The Hall–Kier alpha value is -2.70. The minimum Gasteiger partial charge on any atom is -0.339 e. The number of nitrogens with one attached hydrogen (secondary N) is 1. The van der Waals surface area contributed by atoms with Crippen LogP contribution in [0.2, 0.25) is 0 Å². The molecule has 0 spiro atoms. The number of hydrogen-bond acceptors (Lipinski definition) is 3. The van der Waals surface area contributed by atoms with E-state index in [-0.39, 0.29) is 17.3 Å². The zero-order valence-electron chi connectivity index (χ0n) is 12.4. The van der Waals surface area contributed by atoms with Crippen LogP contribution in [0, 0.1) is 5.82 Å². The van der Waals surface area contributed by atoms with E-state index in [0.717, 1.165) is 10.6 Å². The molecule has 0 atom stereocenters. The molecule has 0 aliphatic carbocycles. The van der Waals surface area contributed by atoms with Gasteiger partial charge in [0, 0.05) is 19.1 Å². The number of piperidine rings is 1. The van der Waals surface area contributed by atoms with Gasteiger partial charge in [0.15, 0.2) is 0 Å². The van der Waals surface area contributed by atoms with E-state index in [0.29, 0.717) is 31.4 Å². The second-order valence-corrected chi connectivity index (χ2v) is 5.56. The smallest absolute Gasteiger partial charge is 0.329 e. The topological polar surface area (TPSA) is 75.2 Å². The molecule has 1 fully saturated rings. The highest BCUT2D eigenvalue weighted by atomic mass is 19.1. The lowest BCUT2D eigenvalue weighted by Crippen LogP contribution is -2.44. The van der Waals surface area contributed by atoms with E-state index < -0.39 is 17.1 Å². The number of benzene rings is 1. The molecule has 1 aliphatic heterocycles. The number of carbonyl (C=O) groups excluding carboxylic acids is 1. The molecule has 3 rings (SSSR count). The van der Waals surface area contributed by atoms with Gasteiger partial charge in [-0.25, -0.2) is 9.18 Å². The number of fused-ring (bicyclic) bond motifs is 1. The summed E-state index contributed by atoms with van der Waals surface area (Å²) < 4.78 is 14.5. The largest absolute Gasteiger partial charge is 0.339 e. The number of aromatic nitrogens is 2. The van der Waals surface area contributed by atoms with Crippen LogP contribution in [0.5, 0.6) is 0 Å². The van der Waals surface area contributed by atoms with Crippen LogP contribution in [0.3, 0.4) is 0 Å². The Morgan fingerprint density at radius 2 is 2.00 bits per heavy atom. The molecule has 120 valence electrons. The predicted octanol–water partition coefficient (Wildman–Crippen LogP) is 1.18. The average Bonchev–Trinajstić information content (AvgIpc) is 2.55. The van der Waals surface area contributed by atoms with Gasteiger partial charge in [-0.2, -0.15) is 0 Å². The van der Waals surface area contributed by atoms with Crippen molar-refractivity contribution in [3.8, 4) is 0 Å². The fraction of sp³-hybridized carbons (Fsp3) is 0.312. The summed E-state index contributed by atoms with van der Waals surface area (Å²) >= 11 is 0. The van der Waals surface area contributed by atoms with Crippen molar-refractivity contribution in [3.63, 3.8) is 0 Å². The van der Waals surface area contributed by atoms with Gasteiger partial charge in [0.25, 0.3) is 5.56 Å². The third kappa shape index (κ3) is 2.69. The maximum Gasteiger partial charge on any atom is 0.329 e. The van der Waals surface area contributed by atoms with Gasteiger partial charge in [0.1, 0.15) is 5.82 Å². The van der Waals surface area contributed by atoms with Crippen LogP contribution >= 0.6 is 0 Å². The van der Waals surface area contributed by atoms with Gasteiger partial charge in [-0.15, -0.1) is 0 Å². The third-order valence-corrected chi connectivity index (χ3v) is 4.21.